The molecule has 1 aromatic rings. The minimum Gasteiger partial charge on any atom is -0.496 e. The molecule has 4 heteroatoms. The van der Waals surface area contributed by atoms with Crippen molar-refractivity contribution in [1.82, 2.24) is 16.2 Å². The number of methoxy groups -OCH3 is 1. The molecule has 0 saturated carbocycles. The molecule has 0 bridgehead atoms. The van der Waals surface area contributed by atoms with Crippen molar-refractivity contribution in [3.05, 3.63) is 29.8 Å². The Morgan fingerprint density at radius 1 is 1.29 bits per heavy atom. The molecule has 1 aromatic carbocycles. The molecule has 1 heterocycles. The van der Waals surface area contributed by atoms with Gasteiger partial charge in [0, 0.05) is 24.1 Å². The zero-order chi connectivity index (χ0) is 12.3. The first kappa shape index (κ1) is 12.4. The van der Waals surface area contributed by atoms with Crippen LogP contribution in [0.4, 0.5) is 0 Å². The van der Waals surface area contributed by atoms with Gasteiger partial charge in [-0.3, -0.25) is 5.43 Å². The second kappa shape index (κ2) is 5.49. The molecule has 17 heavy (non-hydrogen) atoms. The third-order valence-electron chi connectivity index (χ3n) is 3.45. The highest BCUT2D eigenvalue weighted by atomic mass is 16.5. The summed E-state index contributed by atoms with van der Waals surface area (Å²) in [7, 11) is 3.71. The maximum Gasteiger partial charge on any atom is 0.123 e. The van der Waals surface area contributed by atoms with Gasteiger partial charge in [-0.2, -0.15) is 0 Å². The van der Waals surface area contributed by atoms with Crippen molar-refractivity contribution in [3.8, 4) is 5.75 Å². The standard InChI is InChI=1S/C13H21N3O/c1-9-11(8-14-2)13(16-15-9)10-6-4-5-7-12(10)17-3/h4-7,9,11,13-16H,8H2,1-3H3. The molecule has 2 rings (SSSR count). The SMILES string of the molecule is CNCC1C(C)NNC1c1ccccc1OC. The Labute approximate surface area is 103 Å². The molecule has 0 amide bonds. The largest absolute Gasteiger partial charge is 0.496 e. The molecule has 0 aromatic heterocycles. The molecule has 4 nitrogen and oxygen atoms in total. The molecule has 1 fully saturated rings. The first-order valence-electron chi connectivity index (χ1n) is 6.06. The molecular weight excluding hydrogens is 214 g/mol. The predicted octanol–water partition coefficient (Wildman–Crippen LogP) is 1.07. The highest BCUT2D eigenvalue weighted by Crippen LogP contribution is 2.33. The Morgan fingerprint density at radius 2 is 2.06 bits per heavy atom. The van der Waals surface area contributed by atoms with Crippen LogP contribution in [-0.4, -0.2) is 26.7 Å². The molecule has 0 radical (unpaired) electrons. The van der Waals surface area contributed by atoms with E-state index in [1.54, 1.807) is 7.11 Å². The molecule has 0 aliphatic carbocycles. The summed E-state index contributed by atoms with van der Waals surface area (Å²) in [6.45, 7) is 3.17. The Kier molecular flexibility index (Phi) is 3.99. The van der Waals surface area contributed by atoms with E-state index in [9.17, 15) is 0 Å². The summed E-state index contributed by atoms with van der Waals surface area (Å²) in [5, 5.41) is 3.26. The Morgan fingerprint density at radius 3 is 2.76 bits per heavy atom. The third-order valence-corrected chi connectivity index (χ3v) is 3.45. The van der Waals surface area contributed by atoms with Gasteiger partial charge < -0.3 is 10.1 Å². The third kappa shape index (κ3) is 2.44. The molecule has 94 valence electrons. The molecular formula is C13H21N3O. The normalized spacial score (nSPS) is 28.3. The lowest BCUT2D eigenvalue weighted by molar-refractivity contribution is 0.379. The lowest BCUT2D eigenvalue weighted by Crippen LogP contribution is -2.31. The van der Waals surface area contributed by atoms with Crippen LogP contribution < -0.4 is 20.9 Å². The van der Waals surface area contributed by atoms with Crippen LogP contribution >= 0.6 is 0 Å². The van der Waals surface area contributed by atoms with E-state index in [-0.39, 0.29) is 6.04 Å². The van der Waals surface area contributed by atoms with Crippen LogP contribution in [0.5, 0.6) is 5.75 Å². The van der Waals surface area contributed by atoms with Crippen molar-refractivity contribution in [2.45, 2.75) is 19.0 Å². The number of benzene rings is 1. The monoisotopic (exact) mass is 235 g/mol. The molecule has 1 saturated heterocycles. The van der Waals surface area contributed by atoms with Crippen molar-refractivity contribution in [1.29, 1.82) is 0 Å². The van der Waals surface area contributed by atoms with Gasteiger partial charge in [-0.25, -0.2) is 5.43 Å². The van der Waals surface area contributed by atoms with E-state index in [2.05, 4.69) is 35.2 Å². The Balaban J connectivity index is 2.26. The summed E-state index contributed by atoms with van der Waals surface area (Å²) >= 11 is 0. The predicted molar refractivity (Wildman–Crippen MR) is 68.9 cm³/mol. The minimum atomic E-state index is 0.286. The van der Waals surface area contributed by atoms with Crippen molar-refractivity contribution in [3.63, 3.8) is 0 Å². The number of ether oxygens (including phenoxy) is 1. The van der Waals surface area contributed by atoms with Crippen LogP contribution in [0.2, 0.25) is 0 Å². The number of nitrogens with one attached hydrogen (secondary N) is 3. The smallest absolute Gasteiger partial charge is 0.123 e. The van der Waals surface area contributed by atoms with Gasteiger partial charge in [0.25, 0.3) is 0 Å². The van der Waals surface area contributed by atoms with E-state index in [0.29, 0.717) is 12.0 Å². The lowest BCUT2D eigenvalue weighted by atomic mass is 9.90. The molecule has 3 N–H and O–H groups in total. The van der Waals surface area contributed by atoms with E-state index in [1.807, 2.05) is 19.2 Å². The maximum atomic E-state index is 5.43. The summed E-state index contributed by atoms with van der Waals surface area (Å²) in [4.78, 5) is 0. The van der Waals surface area contributed by atoms with Gasteiger partial charge in [0.05, 0.1) is 13.2 Å². The van der Waals surface area contributed by atoms with Crippen molar-refractivity contribution < 1.29 is 4.74 Å². The molecule has 3 atom stereocenters. The fraction of sp³-hybridized carbons (Fsp3) is 0.538. The Bertz CT molecular complexity index is 369. The summed E-state index contributed by atoms with van der Waals surface area (Å²) in [6.07, 6.45) is 0. The zero-order valence-corrected chi connectivity index (χ0v) is 10.7. The molecule has 0 spiro atoms. The summed E-state index contributed by atoms with van der Waals surface area (Å²) < 4.78 is 5.43. The first-order chi connectivity index (χ1) is 8.27. The molecule has 1 aliphatic heterocycles. The fourth-order valence-corrected chi connectivity index (χ4v) is 2.49. The van der Waals surface area contributed by atoms with Crippen molar-refractivity contribution >= 4 is 0 Å². The number of para-hydroxylation sites is 1. The van der Waals surface area contributed by atoms with Crippen LogP contribution in [0.25, 0.3) is 0 Å². The van der Waals surface area contributed by atoms with Crippen molar-refractivity contribution in [2.24, 2.45) is 5.92 Å². The summed E-state index contributed by atoms with van der Waals surface area (Å²) in [6, 6.07) is 8.92. The van der Waals surface area contributed by atoms with Gasteiger partial charge in [-0.05, 0) is 20.0 Å². The van der Waals surface area contributed by atoms with E-state index in [1.165, 1.54) is 5.56 Å². The second-order valence-corrected chi connectivity index (χ2v) is 4.52. The second-order valence-electron chi connectivity index (χ2n) is 4.52. The molecule has 1 aliphatic rings. The highest BCUT2D eigenvalue weighted by molar-refractivity contribution is 5.37. The summed E-state index contributed by atoms with van der Waals surface area (Å²) in [5.74, 6) is 1.46. The van der Waals surface area contributed by atoms with Crippen LogP contribution in [0, 0.1) is 5.92 Å². The average molecular weight is 235 g/mol. The van der Waals surface area contributed by atoms with Gasteiger partial charge >= 0.3 is 0 Å². The zero-order valence-electron chi connectivity index (χ0n) is 10.7. The van der Waals surface area contributed by atoms with E-state index in [4.69, 9.17) is 4.74 Å². The fourth-order valence-electron chi connectivity index (χ4n) is 2.49. The van der Waals surface area contributed by atoms with E-state index in [0.717, 1.165) is 12.3 Å². The van der Waals surface area contributed by atoms with Gasteiger partial charge in [-0.15, -0.1) is 0 Å². The van der Waals surface area contributed by atoms with Crippen LogP contribution in [0.15, 0.2) is 24.3 Å². The van der Waals surface area contributed by atoms with Gasteiger partial charge in [0.2, 0.25) is 0 Å². The summed E-state index contributed by atoms with van der Waals surface area (Å²) in [5.41, 5.74) is 7.89. The highest BCUT2D eigenvalue weighted by Gasteiger charge is 2.34. The van der Waals surface area contributed by atoms with Crippen LogP contribution in [0.1, 0.15) is 18.5 Å². The van der Waals surface area contributed by atoms with Gasteiger partial charge in [0.15, 0.2) is 0 Å². The van der Waals surface area contributed by atoms with E-state index >= 15 is 0 Å². The first-order valence-corrected chi connectivity index (χ1v) is 6.06. The van der Waals surface area contributed by atoms with Crippen LogP contribution in [-0.2, 0) is 0 Å². The van der Waals surface area contributed by atoms with Gasteiger partial charge in [-0.1, -0.05) is 18.2 Å². The molecule has 3 unspecified atom stereocenters. The van der Waals surface area contributed by atoms with E-state index < -0.39 is 0 Å². The minimum absolute atomic E-state index is 0.286. The lowest BCUT2D eigenvalue weighted by Gasteiger charge is -2.22. The maximum absolute atomic E-state index is 5.43. The average Bonchev–Trinajstić information content (AvgIpc) is 2.72. The Hall–Kier alpha value is -1.10. The van der Waals surface area contributed by atoms with Crippen LogP contribution in [0.3, 0.4) is 0 Å². The number of rotatable bonds is 4. The quantitative estimate of drug-likeness (QED) is 0.730. The number of hydrogen-bond donors (Lipinski definition) is 3. The van der Waals surface area contributed by atoms with Crippen molar-refractivity contribution in [2.75, 3.05) is 20.7 Å². The topological polar surface area (TPSA) is 45.3 Å². The van der Waals surface area contributed by atoms with Gasteiger partial charge in [0.1, 0.15) is 5.75 Å². The number of hydrazine groups is 1. The number of hydrogen-bond acceptors (Lipinski definition) is 4.